The van der Waals surface area contributed by atoms with Gasteiger partial charge in [0.15, 0.2) is 0 Å². The van der Waals surface area contributed by atoms with Crippen molar-refractivity contribution in [1.29, 1.82) is 0 Å². The molecule has 5 rings (SSSR count). The quantitative estimate of drug-likeness (QED) is 0.218. The Bertz CT molecular complexity index is 1700. The Morgan fingerprint density at radius 3 is 2.20 bits per heavy atom. The van der Waals surface area contributed by atoms with E-state index in [1.807, 2.05) is 48.5 Å². The SMILES string of the molecule is CN(CC(=O)O)C(=O)[C@H](Cc1ccc(C(F)(F)F)cc1)N1CC/C=C(/F)C[C@H](NCC(=O)OCC2c3ccccc3-c3ccccc32)C1=O. The van der Waals surface area contributed by atoms with Gasteiger partial charge in [-0.05, 0) is 46.4 Å². The molecule has 49 heavy (non-hydrogen) atoms. The number of carbonyl (C=O) groups excluding carboxylic acids is 3. The number of carbonyl (C=O) groups is 4. The second-order valence-corrected chi connectivity index (χ2v) is 12.0. The Morgan fingerprint density at radius 1 is 1.00 bits per heavy atom. The summed E-state index contributed by atoms with van der Waals surface area (Å²) in [5, 5.41) is 12.0. The van der Waals surface area contributed by atoms with Crippen LogP contribution in [-0.4, -0.2) is 84.0 Å². The number of alkyl halides is 3. The van der Waals surface area contributed by atoms with Crippen LogP contribution >= 0.6 is 0 Å². The maximum atomic E-state index is 14.7. The Kier molecular flexibility index (Phi) is 10.8. The zero-order valence-electron chi connectivity index (χ0n) is 26.6. The molecule has 2 N–H and O–H groups in total. The van der Waals surface area contributed by atoms with Gasteiger partial charge in [0.1, 0.15) is 19.2 Å². The van der Waals surface area contributed by atoms with Gasteiger partial charge in [0.25, 0.3) is 0 Å². The molecule has 9 nitrogen and oxygen atoms in total. The van der Waals surface area contributed by atoms with E-state index < -0.39 is 72.9 Å². The van der Waals surface area contributed by atoms with Crippen LogP contribution in [0.15, 0.2) is 84.7 Å². The molecule has 0 bridgehead atoms. The largest absolute Gasteiger partial charge is 0.480 e. The second-order valence-electron chi connectivity index (χ2n) is 12.0. The van der Waals surface area contributed by atoms with Crippen LogP contribution in [0.3, 0.4) is 0 Å². The average Bonchev–Trinajstić information content (AvgIpc) is 3.38. The number of esters is 1. The number of ether oxygens (including phenoxy) is 1. The predicted molar refractivity (Wildman–Crippen MR) is 171 cm³/mol. The van der Waals surface area contributed by atoms with Gasteiger partial charge in [0.2, 0.25) is 11.8 Å². The molecule has 2 amide bonds. The number of amides is 2. The number of hydrogen-bond donors (Lipinski definition) is 2. The number of hydrogen-bond acceptors (Lipinski definition) is 6. The predicted octanol–water partition coefficient (Wildman–Crippen LogP) is 4.95. The number of rotatable bonds is 11. The van der Waals surface area contributed by atoms with Crippen molar-refractivity contribution >= 4 is 23.8 Å². The molecule has 1 aliphatic heterocycles. The standard InChI is InChI=1S/C36H35F4N3O6/c1-42(20-32(44)45)35(48)31(17-22-12-14-23(15-13-22)36(38,39)40)43-16-6-7-24(37)18-30(34(43)47)41-19-33(46)49-21-29-27-10-4-2-8-25(27)26-9-3-5-11-28(26)29/h2-5,7-15,29-31,41H,6,16-21H2,1H3,(H,44,45)/b24-7+/t30-,31-/m0/s1. The molecular weight excluding hydrogens is 646 g/mol. The summed E-state index contributed by atoms with van der Waals surface area (Å²) >= 11 is 0. The number of aliphatic carboxylic acids is 1. The van der Waals surface area contributed by atoms with Gasteiger partial charge in [-0.1, -0.05) is 66.7 Å². The summed E-state index contributed by atoms with van der Waals surface area (Å²) in [6.45, 7) is -1.26. The zero-order chi connectivity index (χ0) is 35.3. The smallest absolute Gasteiger partial charge is 0.416 e. The van der Waals surface area contributed by atoms with Crippen LogP contribution in [0.25, 0.3) is 11.1 Å². The van der Waals surface area contributed by atoms with E-state index in [0.717, 1.165) is 44.2 Å². The number of fused-ring (bicyclic) bond motifs is 3. The normalized spacial score (nSPS) is 18.0. The highest BCUT2D eigenvalue weighted by Gasteiger charge is 2.38. The lowest BCUT2D eigenvalue weighted by atomic mass is 9.98. The number of likely N-dealkylation sites (N-methyl/N-ethyl adjacent to an activating group) is 1. The molecule has 0 radical (unpaired) electrons. The lowest BCUT2D eigenvalue weighted by molar-refractivity contribution is -0.150. The van der Waals surface area contributed by atoms with Crippen LogP contribution in [0.4, 0.5) is 17.6 Å². The van der Waals surface area contributed by atoms with Gasteiger partial charge in [-0.2, -0.15) is 13.2 Å². The lowest BCUT2D eigenvalue weighted by Gasteiger charge is -2.36. The molecular formula is C36H35F4N3O6. The molecule has 13 heteroatoms. The van der Waals surface area contributed by atoms with Gasteiger partial charge in [0, 0.05) is 32.4 Å². The first kappa shape index (κ1) is 35.3. The van der Waals surface area contributed by atoms with Crippen molar-refractivity contribution in [3.05, 3.63) is 107 Å². The van der Waals surface area contributed by atoms with Crippen molar-refractivity contribution in [2.45, 2.75) is 43.4 Å². The summed E-state index contributed by atoms with van der Waals surface area (Å²) in [5.74, 6) is -4.30. The lowest BCUT2D eigenvalue weighted by Crippen LogP contribution is -2.57. The molecule has 0 spiro atoms. The number of carboxylic acids is 1. The van der Waals surface area contributed by atoms with E-state index in [0.29, 0.717) is 0 Å². The molecule has 2 atom stereocenters. The van der Waals surface area contributed by atoms with E-state index in [4.69, 9.17) is 4.74 Å². The summed E-state index contributed by atoms with van der Waals surface area (Å²) in [6, 6.07) is 17.1. The summed E-state index contributed by atoms with van der Waals surface area (Å²) in [6.07, 6.45) is -3.98. The first-order valence-corrected chi connectivity index (χ1v) is 15.7. The second kappa shape index (κ2) is 15.0. The minimum Gasteiger partial charge on any atom is -0.480 e. The Labute approximate surface area is 280 Å². The Balaban J connectivity index is 1.31. The fourth-order valence-corrected chi connectivity index (χ4v) is 6.30. The van der Waals surface area contributed by atoms with E-state index >= 15 is 0 Å². The number of nitrogens with one attached hydrogen (secondary N) is 1. The topological polar surface area (TPSA) is 116 Å². The minimum absolute atomic E-state index is 0.0239. The van der Waals surface area contributed by atoms with Crippen LogP contribution in [0, 0.1) is 0 Å². The molecule has 3 aromatic rings. The van der Waals surface area contributed by atoms with Crippen molar-refractivity contribution < 1.29 is 46.6 Å². The molecule has 0 saturated carbocycles. The molecule has 0 fully saturated rings. The van der Waals surface area contributed by atoms with Gasteiger partial charge >= 0.3 is 18.1 Å². The Hall–Kier alpha value is -5.04. The Morgan fingerprint density at radius 2 is 1.61 bits per heavy atom. The van der Waals surface area contributed by atoms with Crippen LogP contribution in [0.2, 0.25) is 0 Å². The maximum Gasteiger partial charge on any atom is 0.416 e. The first-order chi connectivity index (χ1) is 23.3. The number of halogens is 4. The third-order valence-electron chi connectivity index (χ3n) is 8.70. The number of carboxylic acid groups (broad SMARTS) is 1. The molecule has 0 aromatic heterocycles. The van der Waals surface area contributed by atoms with E-state index in [1.165, 1.54) is 25.3 Å². The number of benzene rings is 3. The van der Waals surface area contributed by atoms with Crippen molar-refractivity contribution in [3.8, 4) is 11.1 Å². The summed E-state index contributed by atoms with van der Waals surface area (Å²) in [7, 11) is 1.23. The van der Waals surface area contributed by atoms with Gasteiger partial charge in [-0.25, -0.2) is 4.39 Å². The molecule has 1 aliphatic carbocycles. The summed E-state index contributed by atoms with van der Waals surface area (Å²) in [5.41, 5.74) is 3.51. The van der Waals surface area contributed by atoms with Gasteiger partial charge in [-0.15, -0.1) is 0 Å². The summed E-state index contributed by atoms with van der Waals surface area (Å²) < 4.78 is 59.9. The van der Waals surface area contributed by atoms with Crippen molar-refractivity contribution in [2.24, 2.45) is 0 Å². The van der Waals surface area contributed by atoms with Gasteiger partial charge in [-0.3, -0.25) is 24.5 Å². The molecule has 3 aromatic carbocycles. The highest BCUT2D eigenvalue weighted by Crippen LogP contribution is 2.44. The monoisotopic (exact) mass is 681 g/mol. The van der Waals surface area contributed by atoms with Crippen molar-refractivity contribution in [3.63, 3.8) is 0 Å². The molecule has 0 saturated heterocycles. The van der Waals surface area contributed by atoms with Crippen LogP contribution < -0.4 is 5.32 Å². The van der Waals surface area contributed by atoms with Crippen molar-refractivity contribution in [2.75, 3.05) is 33.3 Å². The molecule has 2 aliphatic rings. The third-order valence-corrected chi connectivity index (χ3v) is 8.70. The minimum atomic E-state index is -4.59. The highest BCUT2D eigenvalue weighted by atomic mass is 19.4. The maximum absolute atomic E-state index is 14.7. The van der Waals surface area contributed by atoms with Crippen LogP contribution in [0.5, 0.6) is 0 Å². The fourth-order valence-electron chi connectivity index (χ4n) is 6.30. The van der Waals surface area contributed by atoms with Crippen molar-refractivity contribution in [1.82, 2.24) is 15.1 Å². The van der Waals surface area contributed by atoms with E-state index in [2.05, 4.69) is 5.32 Å². The van der Waals surface area contributed by atoms with Gasteiger partial charge in [0.05, 0.1) is 24.0 Å². The van der Waals surface area contributed by atoms with E-state index in [-0.39, 0.29) is 37.5 Å². The van der Waals surface area contributed by atoms with E-state index in [9.17, 15) is 41.8 Å². The third kappa shape index (κ3) is 8.34. The zero-order valence-corrected chi connectivity index (χ0v) is 26.6. The molecule has 1 heterocycles. The average molecular weight is 682 g/mol. The van der Waals surface area contributed by atoms with Crippen LogP contribution in [-0.2, 0) is 36.5 Å². The first-order valence-electron chi connectivity index (χ1n) is 15.7. The number of nitrogens with zero attached hydrogens (tertiary/aromatic N) is 2. The summed E-state index contributed by atoms with van der Waals surface area (Å²) in [4.78, 5) is 53.9. The van der Waals surface area contributed by atoms with E-state index in [1.54, 1.807) is 0 Å². The molecule has 0 unspecified atom stereocenters. The van der Waals surface area contributed by atoms with Crippen LogP contribution in [0.1, 0.15) is 41.0 Å². The van der Waals surface area contributed by atoms with Gasteiger partial charge < -0.3 is 19.6 Å². The fraction of sp³-hybridized carbons (Fsp3) is 0.333. The highest BCUT2D eigenvalue weighted by molar-refractivity contribution is 5.92. The molecule has 258 valence electrons.